The summed E-state index contributed by atoms with van der Waals surface area (Å²) in [5, 5.41) is 9.56. The second-order valence-electron chi connectivity index (χ2n) is 5.96. The zero-order valence-electron chi connectivity index (χ0n) is 14.3. The molecule has 0 aliphatic heterocycles. The van der Waals surface area contributed by atoms with Gasteiger partial charge in [-0.2, -0.15) is 0 Å². The number of hydrogen-bond donors (Lipinski definition) is 1. The van der Waals surface area contributed by atoms with Crippen molar-refractivity contribution in [3.05, 3.63) is 91.0 Å². The number of benzene rings is 1. The van der Waals surface area contributed by atoms with Crippen LogP contribution in [0.3, 0.4) is 0 Å². The van der Waals surface area contributed by atoms with Crippen molar-refractivity contribution in [2.24, 2.45) is 0 Å². The third kappa shape index (κ3) is 3.43. The molecule has 0 radical (unpaired) electrons. The Morgan fingerprint density at radius 3 is 1.85 bits per heavy atom. The Morgan fingerprint density at radius 1 is 0.741 bits per heavy atom. The largest absolute Gasteiger partial charge is 0.478 e. The second kappa shape index (κ2) is 7.17. The summed E-state index contributed by atoms with van der Waals surface area (Å²) in [4.78, 5) is 24.7. The summed E-state index contributed by atoms with van der Waals surface area (Å²) < 4.78 is 0. The molecule has 130 valence electrons. The van der Waals surface area contributed by atoms with E-state index in [4.69, 9.17) is 4.98 Å². The number of carboxylic acid groups (broad SMARTS) is 1. The number of carboxylic acids is 1. The fourth-order valence-corrected chi connectivity index (χ4v) is 2.93. The van der Waals surface area contributed by atoms with Crippen molar-refractivity contribution < 1.29 is 9.90 Å². The van der Waals surface area contributed by atoms with Gasteiger partial charge in [-0.3, -0.25) is 9.97 Å². The molecule has 0 spiro atoms. The molecule has 0 unspecified atom stereocenters. The Labute approximate surface area is 156 Å². The molecule has 0 saturated carbocycles. The van der Waals surface area contributed by atoms with Gasteiger partial charge in [0, 0.05) is 35.9 Å². The van der Waals surface area contributed by atoms with Crippen molar-refractivity contribution in [3.63, 3.8) is 0 Å². The lowest BCUT2D eigenvalue weighted by molar-refractivity contribution is 0.0697. The van der Waals surface area contributed by atoms with E-state index >= 15 is 0 Å². The molecule has 0 bridgehead atoms. The highest BCUT2D eigenvalue weighted by atomic mass is 16.4. The van der Waals surface area contributed by atoms with Gasteiger partial charge >= 0.3 is 5.97 Å². The Hall–Kier alpha value is -3.86. The minimum atomic E-state index is -0.965. The van der Waals surface area contributed by atoms with E-state index in [1.54, 1.807) is 43.0 Å². The smallest absolute Gasteiger partial charge is 0.336 e. The Balaban J connectivity index is 1.96. The van der Waals surface area contributed by atoms with Crippen LogP contribution in [-0.2, 0) is 0 Å². The maximum atomic E-state index is 11.7. The van der Waals surface area contributed by atoms with Gasteiger partial charge in [-0.1, -0.05) is 18.2 Å². The normalized spacial score (nSPS) is 10.5. The standard InChI is InChI=1S/C22H15N3O2/c26-22(27)19-8-2-1-7-18(19)17-11-20(15-5-3-9-23-13-15)25-21(12-17)16-6-4-10-24-14-16/h1-14H,(H,26,27). The van der Waals surface area contributed by atoms with E-state index in [2.05, 4.69) is 9.97 Å². The highest BCUT2D eigenvalue weighted by Crippen LogP contribution is 2.31. The van der Waals surface area contributed by atoms with Crippen molar-refractivity contribution in [2.45, 2.75) is 0 Å². The third-order valence-corrected chi connectivity index (χ3v) is 4.21. The van der Waals surface area contributed by atoms with Gasteiger partial charge in [-0.15, -0.1) is 0 Å². The molecule has 0 aliphatic carbocycles. The van der Waals surface area contributed by atoms with Crippen LogP contribution in [0.2, 0.25) is 0 Å². The topological polar surface area (TPSA) is 76.0 Å². The second-order valence-corrected chi connectivity index (χ2v) is 5.96. The van der Waals surface area contributed by atoms with Crippen molar-refractivity contribution >= 4 is 5.97 Å². The maximum absolute atomic E-state index is 11.7. The summed E-state index contributed by atoms with van der Waals surface area (Å²) in [6.07, 6.45) is 6.88. The van der Waals surface area contributed by atoms with Crippen molar-refractivity contribution in [2.75, 3.05) is 0 Å². The summed E-state index contributed by atoms with van der Waals surface area (Å²) in [6, 6.07) is 18.3. The van der Waals surface area contributed by atoms with Crippen LogP contribution in [0, 0.1) is 0 Å². The maximum Gasteiger partial charge on any atom is 0.336 e. The van der Waals surface area contributed by atoms with Gasteiger partial charge < -0.3 is 5.11 Å². The van der Waals surface area contributed by atoms with Crippen LogP contribution in [0.5, 0.6) is 0 Å². The first-order valence-corrected chi connectivity index (χ1v) is 8.38. The third-order valence-electron chi connectivity index (χ3n) is 4.21. The first kappa shape index (κ1) is 16.6. The van der Waals surface area contributed by atoms with Crippen LogP contribution in [0.1, 0.15) is 10.4 Å². The van der Waals surface area contributed by atoms with Crippen LogP contribution >= 0.6 is 0 Å². The van der Waals surface area contributed by atoms with E-state index < -0.39 is 5.97 Å². The number of aromatic carboxylic acids is 1. The summed E-state index contributed by atoms with van der Waals surface area (Å²) in [5.74, 6) is -0.965. The summed E-state index contributed by atoms with van der Waals surface area (Å²) >= 11 is 0. The lowest BCUT2D eigenvalue weighted by Gasteiger charge is -2.11. The quantitative estimate of drug-likeness (QED) is 0.581. The molecule has 5 nitrogen and oxygen atoms in total. The average molecular weight is 353 g/mol. The zero-order valence-corrected chi connectivity index (χ0v) is 14.3. The first-order valence-electron chi connectivity index (χ1n) is 8.38. The predicted octanol–water partition coefficient (Wildman–Crippen LogP) is 4.57. The van der Waals surface area contributed by atoms with Gasteiger partial charge in [0.1, 0.15) is 0 Å². The Kier molecular flexibility index (Phi) is 4.41. The first-order chi connectivity index (χ1) is 13.2. The Morgan fingerprint density at radius 2 is 1.33 bits per heavy atom. The van der Waals surface area contributed by atoms with Gasteiger partial charge in [0.15, 0.2) is 0 Å². The van der Waals surface area contributed by atoms with E-state index in [1.807, 2.05) is 42.5 Å². The molecular weight excluding hydrogens is 338 g/mol. The monoisotopic (exact) mass is 353 g/mol. The molecule has 0 aliphatic rings. The highest BCUT2D eigenvalue weighted by Gasteiger charge is 2.14. The fourth-order valence-electron chi connectivity index (χ4n) is 2.93. The molecule has 0 saturated heterocycles. The molecule has 0 fully saturated rings. The number of pyridine rings is 3. The minimum Gasteiger partial charge on any atom is -0.478 e. The lowest BCUT2D eigenvalue weighted by Crippen LogP contribution is -2.00. The van der Waals surface area contributed by atoms with Crippen molar-refractivity contribution in [1.82, 2.24) is 15.0 Å². The van der Waals surface area contributed by atoms with E-state index in [1.165, 1.54) is 0 Å². The molecule has 1 aromatic carbocycles. The van der Waals surface area contributed by atoms with Crippen LogP contribution in [0.25, 0.3) is 33.6 Å². The molecular formula is C22H15N3O2. The van der Waals surface area contributed by atoms with E-state index in [9.17, 15) is 9.90 Å². The number of hydrogen-bond acceptors (Lipinski definition) is 4. The number of aromatic nitrogens is 3. The van der Waals surface area contributed by atoms with E-state index in [0.717, 1.165) is 28.1 Å². The minimum absolute atomic E-state index is 0.248. The molecule has 4 rings (SSSR count). The summed E-state index contributed by atoms with van der Waals surface area (Å²) in [7, 11) is 0. The molecule has 4 aromatic rings. The molecule has 5 heteroatoms. The van der Waals surface area contributed by atoms with Gasteiger partial charge in [0.2, 0.25) is 0 Å². The van der Waals surface area contributed by atoms with Gasteiger partial charge in [0.05, 0.1) is 17.0 Å². The van der Waals surface area contributed by atoms with Crippen LogP contribution in [-0.4, -0.2) is 26.0 Å². The number of rotatable bonds is 4. The van der Waals surface area contributed by atoms with Gasteiger partial charge in [-0.25, -0.2) is 9.78 Å². The van der Waals surface area contributed by atoms with Crippen molar-refractivity contribution in [3.8, 4) is 33.6 Å². The lowest BCUT2D eigenvalue weighted by atomic mass is 9.97. The number of nitrogens with zero attached hydrogens (tertiary/aromatic N) is 3. The van der Waals surface area contributed by atoms with Gasteiger partial charge in [-0.05, 0) is 53.6 Å². The average Bonchev–Trinajstić information content (AvgIpc) is 2.74. The molecule has 1 N–H and O–H groups in total. The van der Waals surface area contributed by atoms with Crippen molar-refractivity contribution in [1.29, 1.82) is 0 Å². The Bertz CT molecular complexity index is 1040. The molecule has 0 amide bonds. The van der Waals surface area contributed by atoms with Crippen LogP contribution in [0.4, 0.5) is 0 Å². The van der Waals surface area contributed by atoms with E-state index in [0.29, 0.717) is 5.56 Å². The summed E-state index contributed by atoms with van der Waals surface area (Å²) in [6.45, 7) is 0. The van der Waals surface area contributed by atoms with Crippen LogP contribution < -0.4 is 0 Å². The predicted molar refractivity (Wildman–Crippen MR) is 103 cm³/mol. The molecule has 3 aromatic heterocycles. The molecule has 27 heavy (non-hydrogen) atoms. The molecule has 3 heterocycles. The zero-order chi connectivity index (χ0) is 18.6. The summed E-state index contributed by atoms with van der Waals surface area (Å²) in [5.41, 5.74) is 4.83. The highest BCUT2D eigenvalue weighted by molar-refractivity contribution is 5.96. The van der Waals surface area contributed by atoms with Crippen LogP contribution in [0.15, 0.2) is 85.5 Å². The van der Waals surface area contributed by atoms with E-state index in [-0.39, 0.29) is 5.56 Å². The number of carbonyl (C=O) groups is 1. The fraction of sp³-hybridized carbons (Fsp3) is 0. The van der Waals surface area contributed by atoms with Gasteiger partial charge in [0.25, 0.3) is 0 Å². The molecule has 0 atom stereocenters. The SMILES string of the molecule is O=C(O)c1ccccc1-c1cc(-c2cccnc2)nc(-c2cccnc2)c1.